The fourth-order valence-corrected chi connectivity index (χ4v) is 4.96. The van der Waals surface area contributed by atoms with Crippen molar-refractivity contribution in [1.29, 1.82) is 0 Å². The third kappa shape index (κ3) is 5.21. The molecule has 5 rings (SSSR count). The summed E-state index contributed by atoms with van der Waals surface area (Å²) in [6.45, 7) is 7.11. The highest BCUT2D eigenvalue weighted by atomic mass is 16.5. The Balaban J connectivity index is 1.17. The van der Waals surface area contributed by atoms with E-state index in [9.17, 15) is 4.79 Å². The molecule has 1 N–H and O–H groups in total. The van der Waals surface area contributed by atoms with Crippen molar-refractivity contribution in [3.8, 4) is 11.1 Å². The third-order valence-electron chi connectivity index (χ3n) is 6.85. The summed E-state index contributed by atoms with van der Waals surface area (Å²) in [6.07, 6.45) is 3.06. The van der Waals surface area contributed by atoms with Gasteiger partial charge in [-0.05, 0) is 48.1 Å². The fraction of sp³-hybridized carbons (Fsp3) is 0.444. The molecule has 1 aromatic heterocycles. The van der Waals surface area contributed by atoms with Gasteiger partial charge in [-0.25, -0.2) is 0 Å². The van der Waals surface area contributed by atoms with Crippen molar-refractivity contribution in [3.05, 3.63) is 71.3 Å². The van der Waals surface area contributed by atoms with Gasteiger partial charge in [0.05, 0.1) is 0 Å². The Bertz CT molecular complexity index is 1140. The molecule has 1 atom stereocenters. The summed E-state index contributed by atoms with van der Waals surface area (Å²) in [5.41, 5.74) is 5.19. The van der Waals surface area contributed by atoms with Gasteiger partial charge in [0.15, 0.2) is 0 Å². The van der Waals surface area contributed by atoms with E-state index in [0.29, 0.717) is 19.6 Å². The Morgan fingerprint density at radius 3 is 2.88 bits per heavy atom. The first-order chi connectivity index (χ1) is 16.7. The number of nitrogens with zero attached hydrogens (tertiary/aromatic N) is 4. The van der Waals surface area contributed by atoms with Crippen LogP contribution in [-0.2, 0) is 35.5 Å². The second-order valence-electron chi connectivity index (χ2n) is 9.27. The monoisotopic (exact) mass is 459 g/mol. The van der Waals surface area contributed by atoms with Crippen molar-refractivity contribution >= 4 is 5.91 Å². The van der Waals surface area contributed by atoms with Crippen LogP contribution in [0.3, 0.4) is 0 Å². The number of benzene rings is 2. The van der Waals surface area contributed by atoms with Crippen molar-refractivity contribution < 1.29 is 9.53 Å². The molecule has 1 unspecified atom stereocenters. The van der Waals surface area contributed by atoms with Crippen molar-refractivity contribution in [1.82, 2.24) is 25.0 Å². The summed E-state index contributed by atoms with van der Waals surface area (Å²) >= 11 is 0. The van der Waals surface area contributed by atoms with E-state index in [-0.39, 0.29) is 12.0 Å². The van der Waals surface area contributed by atoms with Crippen LogP contribution in [0, 0.1) is 6.92 Å². The maximum absolute atomic E-state index is 12.2. The first-order valence-corrected chi connectivity index (χ1v) is 12.3. The molecule has 0 saturated carbocycles. The second-order valence-corrected chi connectivity index (χ2v) is 9.27. The van der Waals surface area contributed by atoms with Crippen LogP contribution < -0.4 is 5.32 Å². The van der Waals surface area contributed by atoms with Gasteiger partial charge < -0.3 is 14.6 Å². The second kappa shape index (κ2) is 10.5. The summed E-state index contributed by atoms with van der Waals surface area (Å²) < 4.78 is 7.70. The summed E-state index contributed by atoms with van der Waals surface area (Å²) in [6, 6.07) is 17.4. The van der Waals surface area contributed by atoms with Gasteiger partial charge in [-0.1, -0.05) is 42.5 Å². The van der Waals surface area contributed by atoms with E-state index in [1.54, 1.807) is 0 Å². The molecular formula is C27H33N5O2. The summed E-state index contributed by atoms with van der Waals surface area (Å²) in [4.78, 5) is 14.7. The maximum atomic E-state index is 12.2. The molecule has 178 valence electrons. The number of rotatable bonds is 7. The first-order valence-electron chi connectivity index (χ1n) is 12.3. The molecule has 0 radical (unpaired) electrons. The summed E-state index contributed by atoms with van der Waals surface area (Å²) in [5, 5.41) is 11.8. The molecule has 3 heterocycles. The highest BCUT2D eigenvalue weighted by Gasteiger charge is 2.23. The SMILES string of the molecule is Cc1ccccc1-c1cccc(CN2CCc3nnc(CCNC(=O)C4CCCO4)n3CC2)c1. The zero-order valence-corrected chi connectivity index (χ0v) is 19.9. The van der Waals surface area contributed by atoms with Gasteiger partial charge in [0.2, 0.25) is 5.91 Å². The minimum absolute atomic E-state index is 0.00722. The lowest BCUT2D eigenvalue weighted by atomic mass is 9.99. The Morgan fingerprint density at radius 2 is 2.03 bits per heavy atom. The number of fused-ring (bicyclic) bond motifs is 1. The number of aromatic nitrogens is 3. The molecule has 1 saturated heterocycles. The van der Waals surface area contributed by atoms with Crippen LogP contribution in [0.15, 0.2) is 48.5 Å². The molecule has 2 aliphatic rings. The van der Waals surface area contributed by atoms with E-state index in [1.807, 2.05) is 0 Å². The predicted molar refractivity (Wildman–Crippen MR) is 131 cm³/mol. The average Bonchev–Trinajstić information content (AvgIpc) is 3.48. The minimum Gasteiger partial charge on any atom is -0.368 e. The van der Waals surface area contributed by atoms with E-state index < -0.39 is 0 Å². The van der Waals surface area contributed by atoms with E-state index in [1.165, 1.54) is 22.3 Å². The quantitative estimate of drug-likeness (QED) is 0.588. The average molecular weight is 460 g/mol. The third-order valence-corrected chi connectivity index (χ3v) is 6.85. The zero-order valence-electron chi connectivity index (χ0n) is 19.9. The molecule has 1 fully saturated rings. The van der Waals surface area contributed by atoms with Crippen molar-refractivity contribution in [2.24, 2.45) is 0 Å². The number of carbonyl (C=O) groups is 1. The van der Waals surface area contributed by atoms with Crippen LogP contribution in [-0.4, -0.2) is 57.9 Å². The van der Waals surface area contributed by atoms with E-state index >= 15 is 0 Å². The molecule has 0 bridgehead atoms. The Kier molecular flexibility index (Phi) is 7.02. The Morgan fingerprint density at radius 1 is 1.12 bits per heavy atom. The molecule has 0 spiro atoms. The van der Waals surface area contributed by atoms with Gasteiger partial charge in [0.25, 0.3) is 0 Å². The number of nitrogens with one attached hydrogen (secondary N) is 1. The van der Waals surface area contributed by atoms with Gasteiger partial charge in [-0.2, -0.15) is 0 Å². The van der Waals surface area contributed by atoms with Crippen molar-refractivity contribution in [3.63, 3.8) is 0 Å². The highest BCUT2D eigenvalue weighted by Crippen LogP contribution is 2.24. The molecule has 1 amide bonds. The van der Waals surface area contributed by atoms with Crippen LogP contribution in [0.5, 0.6) is 0 Å². The van der Waals surface area contributed by atoms with Crippen molar-refractivity contribution in [2.75, 3.05) is 26.2 Å². The number of hydrogen-bond acceptors (Lipinski definition) is 5. The minimum atomic E-state index is -0.284. The lowest BCUT2D eigenvalue weighted by Crippen LogP contribution is -2.35. The normalized spacial score (nSPS) is 18.4. The lowest BCUT2D eigenvalue weighted by Gasteiger charge is -2.20. The molecule has 0 aliphatic carbocycles. The standard InChI is InChI=1S/C27H33N5O2/c1-20-6-2-3-9-23(20)22-8-4-7-21(18-22)19-31-14-12-26-30-29-25(32(26)16-15-31)11-13-28-27(33)24-10-5-17-34-24/h2-4,6-9,18,24H,5,10-17,19H2,1H3,(H,28,33). The van der Waals surface area contributed by atoms with Gasteiger partial charge in [-0.3, -0.25) is 9.69 Å². The molecule has 3 aromatic rings. The number of aryl methyl sites for hydroxylation is 1. The summed E-state index contributed by atoms with van der Waals surface area (Å²) in [7, 11) is 0. The number of hydrogen-bond donors (Lipinski definition) is 1. The molecular weight excluding hydrogens is 426 g/mol. The highest BCUT2D eigenvalue weighted by molar-refractivity contribution is 5.80. The largest absolute Gasteiger partial charge is 0.368 e. The van der Waals surface area contributed by atoms with E-state index in [4.69, 9.17) is 4.74 Å². The predicted octanol–water partition coefficient (Wildman–Crippen LogP) is 3.15. The van der Waals surface area contributed by atoms with E-state index in [2.05, 4.69) is 80.4 Å². The zero-order chi connectivity index (χ0) is 23.3. The van der Waals surface area contributed by atoms with Gasteiger partial charge in [0, 0.05) is 52.2 Å². The Hall–Kier alpha value is -3.03. The topological polar surface area (TPSA) is 72.3 Å². The molecule has 2 aliphatic heterocycles. The lowest BCUT2D eigenvalue weighted by molar-refractivity contribution is -0.130. The fourth-order valence-electron chi connectivity index (χ4n) is 4.96. The van der Waals surface area contributed by atoms with Crippen LogP contribution in [0.4, 0.5) is 0 Å². The van der Waals surface area contributed by atoms with Crippen LogP contribution in [0.2, 0.25) is 0 Å². The van der Waals surface area contributed by atoms with Crippen molar-refractivity contribution in [2.45, 2.75) is 51.8 Å². The smallest absolute Gasteiger partial charge is 0.249 e. The number of carbonyl (C=O) groups excluding carboxylic acids is 1. The molecule has 7 nitrogen and oxygen atoms in total. The van der Waals surface area contributed by atoms with Gasteiger partial charge >= 0.3 is 0 Å². The van der Waals surface area contributed by atoms with Crippen LogP contribution in [0.25, 0.3) is 11.1 Å². The number of amides is 1. The Labute approximate surface area is 201 Å². The van der Waals surface area contributed by atoms with Crippen LogP contribution >= 0.6 is 0 Å². The van der Waals surface area contributed by atoms with Crippen LogP contribution in [0.1, 0.15) is 35.6 Å². The summed E-state index contributed by atoms with van der Waals surface area (Å²) in [5.74, 6) is 1.98. The molecule has 7 heteroatoms. The van der Waals surface area contributed by atoms with E-state index in [0.717, 1.165) is 57.1 Å². The van der Waals surface area contributed by atoms with Gasteiger partial charge in [-0.15, -0.1) is 10.2 Å². The number of ether oxygens (including phenoxy) is 1. The first kappa shape index (κ1) is 22.7. The van der Waals surface area contributed by atoms with Gasteiger partial charge in [0.1, 0.15) is 17.8 Å². The maximum Gasteiger partial charge on any atom is 0.249 e. The molecule has 34 heavy (non-hydrogen) atoms. The molecule has 2 aromatic carbocycles.